The van der Waals surface area contributed by atoms with Gasteiger partial charge in [0.2, 0.25) is 0 Å². The second-order valence-electron chi connectivity index (χ2n) is 4.25. The summed E-state index contributed by atoms with van der Waals surface area (Å²) in [7, 11) is 0. The van der Waals surface area contributed by atoms with E-state index in [-0.39, 0.29) is 22.7 Å². The van der Waals surface area contributed by atoms with E-state index in [4.69, 9.17) is 5.11 Å². The summed E-state index contributed by atoms with van der Waals surface area (Å²) in [6, 6.07) is 1.74. The highest BCUT2D eigenvalue weighted by Crippen LogP contribution is 2.19. The van der Waals surface area contributed by atoms with Gasteiger partial charge >= 0.3 is 5.97 Å². The van der Waals surface area contributed by atoms with Crippen molar-refractivity contribution >= 4 is 28.3 Å². The van der Waals surface area contributed by atoms with Crippen LogP contribution in [0.15, 0.2) is 17.5 Å². The third kappa shape index (κ3) is 3.60. The number of rotatable bonds is 4. The summed E-state index contributed by atoms with van der Waals surface area (Å²) < 4.78 is 26.7. The minimum Gasteiger partial charge on any atom is -0.481 e. The van der Waals surface area contributed by atoms with Gasteiger partial charge < -0.3 is 5.11 Å². The first-order chi connectivity index (χ1) is 9.86. The number of thiazole rings is 1. The maximum Gasteiger partial charge on any atom is 0.309 e. The number of hydrogen-bond acceptors (Lipinski definition) is 4. The number of hydrogen-bond donors (Lipinski definition) is 2. The maximum atomic E-state index is 13.6. The number of carboxylic acids is 1. The zero-order valence-electron chi connectivity index (χ0n) is 10.8. The fourth-order valence-electron chi connectivity index (χ4n) is 1.60. The molecule has 0 bridgehead atoms. The monoisotopic (exact) mass is 312 g/mol. The second-order valence-corrected chi connectivity index (χ2v) is 5.11. The summed E-state index contributed by atoms with van der Waals surface area (Å²) in [6.45, 7) is 1.42. The fraction of sp³-hybridized carbons (Fsp3) is 0.154. The Labute approximate surface area is 122 Å². The molecule has 2 aromatic rings. The Balaban J connectivity index is 2.16. The molecule has 110 valence electrons. The molecule has 1 amide bonds. The van der Waals surface area contributed by atoms with Crippen molar-refractivity contribution in [2.24, 2.45) is 0 Å². The highest BCUT2D eigenvalue weighted by Gasteiger charge is 2.16. The molecule has 0 fully saturated rings. The average Bonchev–Trinajstić information content (AvgIpc) is 2.80. The van der Waals surface area contributed by atoms with Gasteiger partial charge in [0.05, 0.1) is 17.7 Å². The molecule has 1 heterocycles. The molecule has 0 radical (unpaired) electrons. The number of amides is 1. The van der Waals surface area contributed by atoms with Crippen molar-refractivity contribution in [1.82, 2.24) is 4.98 Å². The van der Waals surface area contributed by atoms with Crippen molar-refractivity contribution in [2.75, 3.05) is 5.32 Å². The zero-order valence-corrected chi connectivity index (χ0v) is 11.6. The Morgan fingerprint density at radius 3 is 2.71 bits per heavy atom. The number of nitrogens with zero attached hydrogens (tertiary/aromatic N) is 1. The molecule has 0 aliphatic carbocycles. The summed E-state index contributed by atoms with van der Waals surface area (Å²) in [6.07, 6.45) is -0.267. The summed E-state index contributed by atoms with van der Waals surface area (Å²) in [4.78, 5) is 26.3. The van der Waals surface area contributed by atoms with Gasteiger partial charge in [-0.3, -0.25) is 14.9 Å². The van der Waals surface area contributed by atoms with E-state index in [2.05, 4.69) is 10.3 Å². The van der Waals surface area contributed by atoms with E-state index in [0.717, 1.165) is 17.4 Å². The minimum atomic E-state index is -1.04. The summed E-state index contributed by atoms with van der Waals surface area (Å²) in [5.41, 5.74) is 0.134. The smallest absolute Gasteiger partial charge is 0.309 e. The molecule has 0 saturated heterocycles. The summed E-state index contributed by atoms with van der Waals surface area (Å²) >= 11 is 1.02. The van der Waals surface area contributed by atoms with Gasteiger partial charge in [0, 0.05) is 11.4 Å². The van der Waals surface area contributed by atoms with E-state index in [1.807, 2.05) is 0 Å². The van der Waals surface area contributed by atoms with Gasteiger partial charge in [0.25, 0.3) is 5.91 Å². The van der Waals surface area contributed by atoms with Crippen LogP contribution in [-0.4, -0.2) is 22.0 Å². The molecular weight excluding hydrogens is 302 g/mol. The Morgan fingerprint density at radius 1 is 1.33 bits per heavy atom. The third-order valence-electron chi connectivity index (χ3n) is 2.60. The molecular formula is C13H10F2N2O3S. The molecule has 0 aliphatic rings. The molecule has 5 nitrogen and oxygen atoms in total. The van der Waals surface area contributed by atoms with Crippen molar-refractivity contribution in [3.05, 3.63) is 46.0 Å². The van der Waals surface area contributed by atoms with Gasteiger partial charge in [0.1, 0.15) is 11.6 Å². The number of carboxylic acid groups (broad SMARTS) is 1. The molecule has 2 N–H and O–H groups in total. The van der Waals surface area contributed by atoms with E-state index in [0.29, 0.717) is 11.8 Å². The molecule has 0 aliphatic heterocycles. The number of aromatic nitrogens is 1. The van der Waals surface area contributed by atoms with Gasteiger partial charge in [-0.05, 0) is 18.6 Å². The Hall–Kier alpha value is -2.35. The lowest BCUT2D eigenvalue weighted by Crippen LogP contribution is -2.14. The lowest BCUT2D eigenvalue weighted by molar-refractivity contribution is -0.136. The topological polar surface area (TPSA) is 79.3 Å². The van der Waals surface area contributed by atoms with Crippen LogP contribution in [0.4, 0.5) is 13.9 Å². The number of halogens is 2. The SMILES string of the molecule is Cc1cc(C(=O)Nc2nc(CC(=O)O)cs2)c(F)cc1F. The fourth-order valence-corrected chi connectivity index (χ4v) is 2.30. The van der Waals surface area contributed by atoms with Crippen molar-refractivity contribution in [3.63, 3.8) is 0 Å². The minimum absolute atomic E-state index is 0.146. The first-order valence-electron chi connectivity index (χ1n) is 5.80. The van der Waals surface area contributed by atoms with Gasteiger partial charge in [-0.15, -0.1) is 11.3 Å². The number of aryl methyl sites for hydroxylation is 1. The number of carbonyl (C=O) groups excluding carboxylic acids is 1. The van der Waals surface area contributed by atoms with Crippen LogP contribution in [0.25, 0.3) is 0 Å². The van der Waals surface area contributed by atoms with E-state index < -0.39 is 23.5 Å². The third-order valence-corrected chi connectivity index (χ3v) is 3.40. The molecule has 21 heavy (non-hydrogen) atoms. The van der Waals surface area contributed by atoms with Gasteiger partial charge in [-0.1, -0.05) is 0 Å². The number of aliphatic carboxylic acids is 1. The van der Waals surface area contributed by atoms with Crippen molar-refractivity contribution < 1.29 is 23.5 Å². The van der Waals surface area contributed by atoms with Crippen molar-refractivity contribution in [2.45, 2.75) is 13.3 Å². The van der Waals surface area contributed by atoms with E-state index in [1.165, 1.54) is 12.3 Å². The largest absolute Gasteiger partial charge is 0.481 e. The normalized spacial score (nSPS) is 10.4. The van der Waals surface area contributed by atoms with Gasteiger partial charge in [-0.25, -0.2) is 13.8 Å². The highest BCUT2D eigenvalue weighted by atomic mass is 32.1. The van der Waals surface area contributed by atoms with Crippen LogP contribution in [0.3, 0.4) is 0 Å². The number of anilines is 1. The van der Waals surface area contributed by atoms with Crippen LogP contribution in [-0.2, 0) is 11.2 Å². The van der Waals surface area contributed by atoms with Crippen LogP contribution in [0.2, 0.25) is 0 Å². The summed E-state index contributed by atoms with van der Waals surface area (Å²) in [5, 5.41) is 12.6. The lowest BCUT2D eigenvalue weighted by Gasteiger charge is -2.05. The van der Waals surface area contributed by atoms with Gasteiger partial charge in [-0.2, -0.15) is 0 Å². The molecule has 2 rings (SSSR count). The average molecular weight is 312 g/mol. The molecule has 1 aromatic carbocycles. The second kappa shape index (κ2) is 5.96. The zero-order chi connectivity index (χ0) is 15.6. The maximum absolute atomic E-state index is 13.6. The first kappa shape index (κ1) is 15.0. The van der Waals surface area contributed by atoms with Gasteiger partial charge in [0.15, 0.2) is 5.13 Å². The predicted molar refractivity (Wildman–Crippen MR) is 72.5 cm³/mol. The van der Waals surface area contributed by atoms with E-state index in [1.54, 1.807) is 0 Å². The van der Waals surface area contributed by atoms with Crippen molar-refractivity contribution in [1.29, 1.82) is 0 Å². The first-order valence-corrected chi connectivity index (χ1v) is 6.68. The van der Waals surface area contributed by atoms with Crippen LogP contribution in [0.1, 0.15) is 21.6 Å². The quantitative estimate of drug-likeness (QED) is 0.909. The number of carbonyl (C=O) groups is 2. The molecule has 0 atom stereocenters. The lowest BCUT2D eigenvalue weighted by atomic mass is 10.1. The van der Waals surface area contributed by atoms with E-state index in [9.17, 15) is 18.4 Å². The Bertz CT molecular complexity index is 715. The Morgan fingerprint density at radius 2 is 2.05 bits per heavy atom. The van der Waals surface area contributed by atoms with E-state index >= 15 is 0 Å². The van der Waals surface area contributed by atoms with Crippen molar-refractivity contribution in [3.8, 4) is 0 Å². The molecule has 1 aromatic heterocycles. The molecule has 8 heteroatoms. The predicted octanol–water partition coefficient (Wildman–Crippen LogP) is 2.61. The van der Waals surface area contributed by atoms with Crippen LogP contribution in [0.5, 0.6) is 0 Å². The van der Waals surface area contributed by atoms with Crippen LogP contribution in [0, 0.1) is 18.6 Å². The summed E-state index contributed by atoms with van der Waals surface area (Å²) in [5.74, 6) is -3.52. The standard InChI is InChI=1S/C13H10F2N2O3S/c1-6-2-8(10(15)4-9(6)14)12(20)17-13-16-7(5-21-13)3-11(18)19/h2,4-5H,3H2,1H3,(H,18,19)(H,16,17,20). The van der Waals surface area contributed by atoms with Crippen LogP contribution < -0.4 is 5.32 Å². The highest BCUT2D eigenvalue weighted by molar-refractivity contribution is 7.14. The van der Waals surface area contributed by atoms with Crippen LogP contribution >= 0.6 is 11.3 Å². The number of nitrogens with one attached hydrogen (secondary N) is 1. The molecule has 0 unspecified atom stereocenters. The molecule has 0 spiro atoms. The number of benzene rings is 1. The molecule has 0 saturated carbocycles. The Kier molecular flexibility index (Phi) is 4.27.